The van der Waals surface area contributed by atoms with Crippen molar-refractivity contribution in [2.75, 3.05) is 6.54 Å². The molecule has 5 heteroatoms. The van der Waals surface area contributed by atoms with Gasteiger partial charge in [-0.25, -0.2) is 4.79 Å². The lowest BCUT2D eigenvalue weighted by atomic mass is 9.74. The summed E-state index contributed by atoms with van der Waals surface area (Å²) in [5.74, 6) is -0.805. The third-order valence-electron chi connectivity index (χ3n) is 7.14. The number of carboxylic acids is 1. The van der Waals surface area contributed by atoms with Crippen LogP contribution in [0.2, 0.25) is 0 Å². The van der Waals surface area contributed by atoms with Crippen LogP contribution in [-0.2, 0) is 16.6 Å². The van der Waals surface area contributed by atoms with Gasteiger partial charge >= 0.3 is 5.97 Å². The van der Waals surface area contributed by atoms with Gasteiger partial charge in [-0.05, 0) is 48.9 Å². The molecule has 0 aromatic heterocycles. The quantitative estimate of drug-likeness (QED) is 0.607. The van der Waals surface area contributed by atoms with Gasteiger partial charge < -0.3 is 15.1 Å². The molecule has 0 radical (unpaired) electrons. The normalized spacial score (nSPS) is 21.3. The number of carbonyl (C=O) groups is 2. The van der Waals surface area contributed by atoms with Crippen LogP contribution in [0.1, 0.15) is 60.0 Å². The van der Waals surface area contributed by atoms with E-state index in [4.69, 9.17) is 5.11 Å². The molecule has 1 saturated carbocycles. The van der Waals surface area contributed by atoms with Crippen LogP contribution in [-0.4, -0.2) is 45.7 Å². The van der Waals surface area contributed by atoms with Crippen LogP contribution in [0.25, 0.3) is 0 Å². The Labute approximate surface area is 189 Å². The molecule has 1 saturated heterocycles. The number of carboxylic acid groups (broad SMARTS) is 1. The molecular formula is C27H31NO4. The van der Waals surface area contributed by atoms with Crippen molar-refractivity contribution in [3.05, 3.63) is 83.4 Å². The summed E-state index contributed by atoms with van der Waals surface area (Å²) in [7, 11) is 0. The highest BCUT2D eigenvalue weighted by atomic mass is 16.4. The zero-order chi connectivity index (χ0) is 22.6. The maximum atomic E-state index is 12.5. The zero-order valence-corrected chi connectivity index (χ0v) is 18.3. The molecule has 0 spiro atoms. The minimum Gasteiger partial charge on any atom is -0.478 e. The molecule has 2 aromatic rings. The van der Waals surface area contributed by atoms with E-state index in [-0.39, 0.29) is 22.9 Å². The molecule has 2 N–H and O–H groups in total. The second-order valence-electron chi connectivity index (χ2n) is 9.00. The molecular weight excluding hydrogens is 402 g/mol. The molecule has 32 heavy (non-hydrogen) atoms. The van der Waals surface area contributed by atoms with Gasteiger partial charge in [0.1, 0.15) is 0 Å². The van der Waals surface area contributed by atoms with Gasteiger partial charge in [-0.2, -0.15) is 0 Å². The molecule has 0 bridgehead atoms. The predicted molar refractivity (Wildman–Crippen MR) is 124 cm³/mol. The molecule has 1 aliphatic heterocycles. The number of aromatic carboxylic acids is 1. The minimum absolute atomic E-state index is 0.00957. The second kappa shape index (κ2) is 9.70. The first-order valence-corrected chi connectivity index (χ1v) is 11.5. The van der Waals surface area contributed by atoms with E-state index in [0.717, 1.165) is 37.7 Å². The highest BCUT2D eigenvalue weighted by Crippen LogP contribution is 2.44. The van der Waals surface area contributed by atoms with Crippen molar-refractivity contribution in [2.24, 2.45) is 0 Å². The number of likely N-dealkylation sites (tertiary alicyclic amines) is 1. The molecule has 1 aliphatic carbocycles. The van der Waals surface area contributed by atoms with Gasteiger partial charge in [0.05, 0.1) is 17.7 Å². The molecule has 1 amide bonds. The van der Waals surface area contributed by atoms with Gasteiger partial charge in [0.15, 0.2) is 0 Å². The van der Waals surface area contributed by atoms with Gasteiger partial charge in [-0.3, -0.25) is 4.79 Å². The topological polar surface area (TPSA) is 77.8 Å². The van der Waals surface area contributed by atoms with E-state index in [2.05, 4.69) is 12.1 Å². The first kappa shape index (κ1) is 22.3. The van der Waals surface area contributed by atoms with Crippen LogP contribution in [0.15, 0.2) is 66.7 Å². The molecule has 2 fully saturated rings. The van der Waals surface area contributed by atoms with Gasteiger partial charge in [-0.15, -0.1) is 0 Å². The van der Waals surface area contributed by atoms with Crippen LogP contribution in [0, 0.1) is 0 Å². The number of aliphatic hydroxyl groups excluding tert-OH is 1. The SMILES string of the molecule is O=C(O)c1ccc(CCN2C(=O)CC[C@@H]2C=CC(O)C2(c3ccccc3)CCCC2)cc1. The monoisotopic (exact) mass is 433 g/mol. The van der Waals surface area contributed by atoms with E-state index < -0.39 is 12.1 Å². The number of rotatable bonds is 8. The summed E-state index contributed by atoms with van der Waals surface area (Å²) in [6.45, 7) is 0.584. The lowest BCUT2D eigenvalue weighted by Crippen LogP contribution is -2.37. The molecule has 5 nitrogen and oxygen atoms in total. The predicted octanol–water partition coefficient (Wildman–Crippen LogP) is 4.35. The van der Waals surface area contributed by atoms with Crippen LogP contribution < -0.4 is 0 Å². The van der Waals surface area contributed by atoms with E-state index in [1.54, 1.807) is 12.1 Å². The molecule has 2 aliphatic rings. The first-order chi connectivity index (χ1) is 15.5. The fraction of sp³-hybridized carbons (Fsp3) is 0.407. The van der Waals surface area contributed by atoms with Gasteiger partial charge in [-0.1, -0.05) is 67.5 Å². The molecule has 2 aromatic carbocycles. The van der Waals surface area contributed by atoms with Gasteiger partial charge in [0, 0.05) is 18.4 Å². The van der Waals surface area contributed by atoms with Crippen molar-refractivity contribution < 1.29 is 19.8 Å². The Morgan fingerprint density at radius 3 is 2.44 bits per heavy atom. The van der Waals surface area contributed by atoms with Crippen LogP contribution in [0.4, 0.5) is 0 Å². The Hall–Kier alpha value is -2.92. The van der Waals surface area contributed by atoms with Crippen molar-refractivity contribution in [1.29, 1.82) is 0 Å². The standard InChI is InChI=1S/C27H31NO4/c29-24(27(17-4-5-18-27)22-6-2-1-3-7-22)14-12-23-13-15-25(30)28(23)19-16-20-8-10-21(11-9-20)26(31)32/h1-3,6-12,14,23-24,29H,4-5,13,15-19H2,(H,31,32)/t23-,24?/m0/s1. The average Bonchev–Trinajstić information content (AvgIpc) is 3.45. The Kier molecular flexibility index (Phi) is 6.75. The van der Waals surface area contributed by atoms with Crippen molar-refractivity contribution in [1.82, 2.24) is 4.90 Å². The minimum atomic E-state index is -0.939. The summed E-state index contributed by atoms with van der Waals surface area (Å²) in [6.07, 6.45) is 9.50. The lowest BCUT2D eigenvalue weighted by Gasteiger charge is -2.34. The number of hydrogen-bond acceptors (Lipinski definition) is 3. The smallest absolute Gasteiger partial charge is 0.335 e. The van der Waals surface area contributed by atoms with Crippen LogP contribution in [0.3, 0.4) is 0 Å². The maximum absolute atomic E-state index is 12.5. The van der Waals surface area contributed by atoms with E-state index in [9.17, 15) is 14.7 Å². The summed E-state index contributed by atoms with van der Waals surface area (Å²) in [4.78, 5) is 25.4. The first-order valence-electron chi connectivity index (χ1n) is 11.5. The summed E-state index contributed by atoms with van der Waals surface area (Å²) < 4.78 is 0. The largest absolute Gasteiger partial charge is 0.478 e. The fourth-order valence-corrected chi connectivity index (χ4v) is 5.26. The Balaban J connectivity index is 1.43. The van der Waals surface area contributed by atoms with Crippen LogP contribution in [0.5, 0.6) is 0 Å². The van der Waals surface area contributed by atoms with E-state index >= 15 is 0 Å². The van der Waals surface area contributed by atoms with E-state index in [0.29, 0.717) is 19.4 Å². The van der Waals surface area contributed by atoms with E-state index in [1.807, 2.05) is 47.4 Å². The summed E-state index contributed by atoms with van der Waals surface area (Å²) in [5, 5.41) is 20.2. The number of benzene rings is 2. The highest BCUT2D eigenvalue weighted by molar-refractivity contribution is 5.87. The summed E-state index contributed by atoms with van der Waals surface area (Å²) in [5.41, 5.74) is 2.22. The van der Waals surface area contributed by atoms with Crippen molar-refractivity contribution in [2.45, 2.75) is 62.5 Å². The summed E-state index contributed by atoms with van der Waals surface area (Å²) in [6, 6.07) is 17.1. The number of hydrogen-bond donors (Lipinski definition) is 2. The van der Waals surface area contributed by atoms with E-state index in [1.165, 1.54) is 5.56 Å². The fourth-order valence-electron chi connectivity index (χ4n) is 5.26. The van der Waals surface area contributed by atoms with Gasteiger partial charge in [0.2, 0.25) is 5.91 Å². The Bertz CT molecular complexity index is 961. The Morgan fingerprint density at radius 2 is 1.78 bits per heavy atom. The number of amides is 1. The molecule has 168 valence electrons. The van der Waals surface area contributed by atoms with Crippen molar-refractivity contribution >= 4 is 11.9 Å². The van der Waals surface area contributed by atoms with Crippen molar-refractivity contribution in [3.8, 4) is 0 Å². The number of carbonyl (C=O) groups excluding carboxylic acids is 1. The average molecular weight is 434 g/mol. The lowest BCUT2D eigenvalue weighted by molar-refractivity contribution is -0.128. The molecule has 4 rings (SSSR count). The van der Waals surface area contributed by atoms with Gasteiger partial charge in [0.25, 0.3) is 0 Å². The molecule has 1 unspecified atom stereocenters. The van der Waals surface area contributed by atoms with Crippen LogP contribution >= 0.6 is 0 Å². The Morgan fingerprint density at radius 1 is 1.09 bits per heavy atom. The third kappa shape index (κ3) is 4.63. The highest BCUT2D eigenvalue weighted by Gasteiger charge is 2.41. The second-order valence-corrected chi connectivity index (χ2v) is 9.00. The van der Waals surface area contributed by atoms with Crippen molar-refractivity contribution in [3.63, 3.8) is 0 Å². The number of aliphatic hydroxyl groups is 1. The maximum Gasteiger partial charge on any atom is 0.335 e. The zero-order valence-electron chi connectivity index (χ0n) is 18.3. The number of nitrogens with zero attached hydrogens (tertiary/aromatic N) is 1. The third-order valence-corrected chi connectivity index (χ3v) is 7.14. The summed E-state index contributed by atoms with van der Waals surface area (Å²) >= 11 is 0. The molecule has 1 heterocycles. The molecule has 2 atom stereocenters.